The summed E-state index contributed by atoms with van der Waals surface area (Å²) >= 11 is 6.98. The van der Waals surface area contributed by atoms with Gasteiger partial charge >= 0.3 is 0 Å². The number of aryl methyl sites for hydroxylation is 2. The van der Waals surface area contributed by atoms with Crippen molar-refractivity contribution in [2.75, 3.05) is 5.32 Å². The molecule has 9 heteroatoms. The predicted octanol–water partition coefficient (Wildman–Crippen LogP) is 4.19. The lowest BCUT2D eigenvalue weighted by Crippen LogP contribution is -2.23. The number of aromatic nitrogens is 4. The van der Waals surface area contributed by atoms with E-state index >= 15 is 0 Å². The zero-order valence-electron chi connectivity index (χ0n) is 14.9. The van der Waals surface area contributed by atoms with E-state index in [2.05, 4.69) is 20.8 Å². The number of halogens is 2. The number of thioether (sulfide) groups is 1. The highest BCUT2D eigenvalue weighted by Crippen LogP contribution is 2.27. The molecule has 1 amide bonds. The normalized spacial score (nSPS) is 12.0. The Bertz CT molecular complexity index is 973. The molecule has 0 radical (unpaired) electrons. The Balaban J connectivity index is 1.77. The van der Waals surface area contributed by atoms with Crippen LogP contribution in [0.3, 0.4) is 0 Å². The van der Waals surface area contributed by atoms with Crippen molar-refractivity contribution in [2.45, 2.75) is 31.2 Å². The molecule has 0 aliphatic carbocycles. The van der Waals surface area contributed by atoms with E-state index in [1.165, 1.54) is 30.0 Å². The van der Waals surface area contributed by atoms with Crippen molar-refractivity contribution < 1.29 is 9.18 Å². The largest absolute Gasteiger partial charge is 0.325 e. The number of rotatable bonds is 5. The Hall–Kier alpha value is -2.45. The van der Waals surface area contributed by atoms with Crippen molar-refractivity contribution in [1.82, 2.24) is 20.2 Å². The van der Waals surface area contributed by atoms with Crippen LogP contribution in [0.1, 0.15) is 18.1 Å². The van der Waals surface area contributed by atoms with E-state index in [9.17, 15) is 9.18 Å². The monoisotopic (exact) mass is 405 g/mol. The molecule has 6 nitrogen and oxygen atoms in total. The van der Waals surface area contributed by atoms with Gasteiger partial charge in [-0.15, -0.1) is 5.10 Å². The highest BCUT2D eigenvalue weighted by Gasteiger charge is 2.21. The molecule has 1 atom stereocenters. The third kappa shape index (κ3) is 4.28. The van der Waals surface area contributed by atoms with E-state index in [4.69, 9.17) is 11.6 Å². The Kier molecular flexibility index (Phi) is 5.76. The molecule has 1 aromatic heterocycles. The number of nitrogens with one attached hydrogen (secondary N) is 1. The lowest BCUT2D eigenvalue weighted by atomic mass is 10.1. The summed E-state index contributed by atoms with van der Waals surface area (Å²) in [6.45, 7) is 5.70. The zero-order chi connectivity index (χ0) is 19.6. The molecule has 3 rings (SSSR count). The Labute approximate surface area is 165 Å². The van der Waals surface area contributed by atoms with Crippen LogP contribution in [0.15, 0.2) is 41.6 Å². The Morgan fingerprint density at radius 3 is 2.63 bits per heavy atom. The maximum Gasteiger partial charge on any atom is 0.237 e. The summed E-state index contributed by atoms with van der Waals surface area (Å²) in [6.07, 6.45) is 0. The van der Waals surface area contributed by atoms with Crippen molar-refractivity contribution in [3.63, 3.8) is 0 Å². The maximum atomic E-state index is 13.2. The molecule has 0 saturated heterocycles. The lowest BCUT2D eigenvalue weighted by molar-refractivity contribution is -0.115. The fraction of sp³-hybridized carbons (Fsp3) is 0.222. The number of nitrogens with zero attached hydrogens (tertiary/aromatic N) is 4. The Morgan fingerprint density at radius 1 is 1.26 bits per heavy atom. The first kappa shape index (κ1) is 19.3. The van der Waals surface area contributed by atoms with Gasteiger partial charge in [-0.3, -0.25) is 4.79 Å². The average Bonchev–Trinajstić information content (AvgIpc) is 3.06. The molecule has 0 unspecified atom stereocenters. The van der Waals surface area contributed by atoms with Crippen molar-refractivity contribution in [2.24, 2.45) is 0 Å². The summed E-state index contributed by atoms with van der Waals surface area (Å²) < 4.78 is 14.9. The average molecular weight is 406 g/mol. The second-order valence-electron chi connectivity index (χ2n) is 5.99. The number of hydrogen-bond acceptors (Lipinski definition) is 5. The fourth-order valence-electron chi connectivity index (χ4n) is 2.56. The first-order chi connectivity index (χ1) is 12.9. The summed E-state index contributed by atoms with van der Waals surface area (Å²) in [5.41, 5.74) is 3.38. The number of carbonyl (C=O) groups is 1. The molecule has 1 heterocycles. The summed E-state index contributed by atoms with van der Waals surface area (Å²) in [7, 11) is 0. The molecule has 2 aromatic carbocycles. The maximum absolute atomic E-state index is 13.2. The smallest absolute Gasteiger partial charge is 0.237 e. The van der Waals surface area contributed by atoms with Crippen LogP contribution in [0.5, 0.6) is 0 Å². The topological polar surface area (TPSA) is 72.7 Å². The number of para-hydroxylation sites is 1. The molecule has 0 bridgehead atoms. The molecule has 0 saturated carbocycles. The quantitative estimate of drug-likeness (QED) is 0.644. The summed E-state index contributed by atoms with van der Waals surface area (Å²) in [5.74, 6) is -0.802. The van der Waals surface area contributed by atoms with Gasteiger partial charge in [0.05, 0.1) is 16.0 Å². The van der Waals surface area contributed by atoms with Crippen LogP contribution in [0.4, 0.5) is 10.1 Å². The van der Waals surface area contributed by atoms with Gasteiger partial charge in [0, 0.05) is 5.69 Å². The number of anilines is 1. The van der Waals surface area contributed by atoms with Gasteiger partial charge in [-0.2, -0.15) is 4.68 Å². The predicted molar refractivity (Wildman–Crippen MR) is 104 cm³/mol. The van der Waals surface area contributed by atoms with E-state index in [0.29, 0.717) is 10.8 Å². The standard InChI is InChI=1S/C18H17ClFN5OS/c1-10-5-4-6-11(2)16(10)25-18(22-23-24-25)27-12(3)17(26)21-13-7-8-15(20)14(19)9-13/h4-9,12H,1-3H3,(H,21,26)/t12-/m1/s1. The van der Waals surface area contributed by atoms with Gasteiger partial charge in [-0.05, 0) is 60.5 Å². The van der Waals surface area contributed by atoms with Crippen molar-refractivity contribution in [1.29, 1.82) is 0 Å². The molecule has 0 aliphatic rings. The molecule has 0 aliphatic heterocycles. The van der Waals surface area contributed by atoms with E-state index in [1.807, 2.05) is 32.0 Å². The van der Waals surface area contributed by atoms with Gasteiger partial charge in [0.15, 0.2) is 0 Å². The third-order valence-electron chi connectivity index (χ3n) is 3.93. The number of carbonyl (C=O) groups excluding carboxylic acids is 1. The second kappa shape index (κ2) is 8.06. The van der Waals surface area contributed by atoms with Crippen LogP contribution in [-0.2, 0) is 4.79 Å². The summed E-state index contributed by atoms with van der Waals surface area (Å²) in [5, 5.41) is 14.6. The van der Waals surface area contributed by atoms with Crippen molar-refractivity contribution in [3.8, 4) is 5.69 Å². The minimum atomic E-state index is -0.537. The molecule has 0 fully saturated rings. The van der Waals surface area contributed by atoms with Crippen LogP contribution >= 0.6 is 23.4 Å². The summed E-state index contributed by atoms with van der Waals surface area (Å²) in [6, 6.07) is 9.95. The minimum Gasteiger partial charge on any atom is -0.325 e. The highest BCUT2D eigenvalue weighted by atomic mass is 35.5. The lowest BCUT2D eigenvalue weighted by Gasteiger charge is -2.14. The van der Waals surface area contributed by atoms with Gasteiger partial charge in [0.2, 0.25) is 11.1 Å². The molecule has 27 heavy (non-hydrogen) atoms. The van der Waals surface area contributed by atoms with Crippen LogP contribution in [0, 0.1) is 19.7 Å². The number of amides is 1. The molecular formula is C18H17ClFN5OS. The molecule has 3 aromatic rings. The number of tetrazole rings is 1. The van der Waals surface area contributed by atoms with Gasteiger partial charge in [-0.25, -0.2) is 4.39 Å². The van der Waals surface area contributed by atoms with Gasteiger partial charge in [-0.1, -0.05) is 41.6 Å². The summed E-state index contributed by atoms with van der Waals surface area (Å²) in [4.78, 5) is 12.5. The third-order valence-corrected chi connectivity index (χ3v) is 5.25. The number of hydrogen-bond donors (Lipinski definition) is 1. The van der Waals surface area contributed by atoms with Crippen LogP contribution in [0.2, 0.25) is 5.02 Å². The van der Waals surface area contributed by atoms with Gasteiger partial charge in [0.1, 0.15) is 5.82 Å². The van der Waals surface area contributed by atoms with E-state index in [1.54, 1.807) is 11.6 Å². The molecule has 140 valence electrons. The SMILES string of the molecule is Cc1cccc(C)c1-n1nnnc1S[C@H](C)C(=O)Nc1ccc(F)c(Cl)c1. The number of benzene rings is 2. The zero-order valence-corrected chi connectivity index (χ0v) is 16.5. The van der Waals surface area contributed by atoms with E-state index in [-0.39, 0.29) is 10.9 Å². The minimum absolute atomic E-state index is 0.0490. The van der Waals surface area contributed by atoms with Gasteiger partial charge in [0.25, 0.3) is 0 Å². The highest BCUT2D eigenvalue weighted by molar-refractivity contribution is 8.00. The molecule has 1 N–H and O–H groups in total. The fourth-order valence-corrected chi connectivity index (χ4v) is 3.54. The first-order valence-corrected chi connectivity index (χ1v) is 9.40. The van der Waals surface area contributed by atoms with Crippen molar-refractivity contribution >= 4 is 35.0 Å². The van der Waals surface area contributed by atoms with Crippen LogP contribution in [-0.4, -0.2) is 31.4 Å². The van der Waals surface area contributed by atoms with Gasteiger partial charge < -0.3 is 5.32 Å². The van der Waals surface area contributed by atoms with Crippen molar-refractivity contribution in [3.05, 3.63) is 58.4 Å². The molecule has 0 spiro atoms. The molecular weight excluding hydrogens is 389 g/mol. The van der Waals surface area contributed by atoms with E-state index in [0.717, 1.165) is 16.8 Å². The van der Waals surface area contributed by atoms with E-state index < -0.39 is 11.1 Å². The second-order valence-corrected chi connectivity index (χ2v) is 7.71. The Morgan fingerprint density at radius 2 is 1.96 bits per heavy atom. The van der Waals surface area contributed by atoms with Crippen LogP contribution < -0.4 is 5.32 Å². The van der Waals surface area contributed by atoms with Crippen LogP contribution in [0.25, 0.3) is 5.69 Å². The first-order valence-electron chi connectivity index (χ1n) is 8.14.